The maximum absolute atomic E-state index is 4.25. The van der Waals surface area contributed by atoms with Gasteiger partial charge < -0.3 is 15.5 Å². The van der Waals surface area contributed by atoms with Crippen LogP contribution in [-0.2, 0) is 0 Å². The van der Waals surface area contributed by atoms with Crippen LogP contribution in [0.3, 0.4) is 0 Å². The van der Waals surface area contributed by atoms with Gasteiger partial charge in [-0.15, -0.1) is 0 Å². The van der Waals surface area contributed by atoms with Crippen LogP contribution in [0.4, 0.5) is 5.69 Å². The van der Waals surface area contributed by atoms with Gasteiger partial charge in [-0.3, -0.25) is 9.89 Å². The Labute approximate surface area is 150 Å². The number of aliphatic imine (C=N–C) groups is 1. The Morgan fingerprint density at radius 3 is 2.46 bits per heavy atom. The molecule has 1 heterocycles. The molecule has 6 heteroatoms. The highest BCUT2D eigenvalue weighted by molar-refractivity contribution is 7.98. The smallest absolute Gasteiger partial charge is 0.191 e. The first kappa shape index (κ1) is 18.9. The number of piperazine rings is 1. The molecule has 0 atom stereocenters. The molecule has 0 aromatic heterocycles. The molecule has 1 aliphatic rings. The Morgan fingerprint density at radius 1 is 1.08 bits per heavy atom. The molecule has 0 amide bonds. The molecule has 2 rings (SSSR count). The Bertz CT molecular complexity index is 472. The summed E-state index contributed by atoms with van der Waals surface area (Å²) in [4.78, 5) is 9.29. The van der Waals surface area contributed by atoms with Gasteiger partial charge in [-0.25, -0.2) is 0 Å². The van der Waals surface area contributed by atoms with E-state index in [1.807, 2.05) is 18.8 Å². The summed E-state index contributed by atoms with van der Waals surface area (Å²) in [5, 5.41) is 6.73. The highest BCUT2D eigenvalue weighted by Gasteiger charge is 2.16. The number of guanidine groups is 1. The van der Waals surface area contributed by atoms with Crippen LogP contribution in [-0.4, -0.2) is 75.7 Å². The molecular weight excluding hydrogens is 318 g/mol. The highest BCUT2D eigenvalue weighted by Crippen LogP contribution is 2.15. The van der Waals surface area contributed by atoms with Gasteiger partial charge in [0.1, 0.15) is 0 Å². The van der Waals surface area contributed by atoms with Crippen LogP contribution < -0.4 is 15.5 Å². The standard InChI is InChI=1S/C18H31N5S/c1-19-18(21-10-16-24-2)20-9-6-11-22-12-14-23(15-13-22)17-7-4-3-5-8-17/h3-5,7-8H,6,9-16H2,1-2H3,(H2,19,20,21). The molecule has 2 N–H and O–H groups in total. The normalized spacial score (nSPS) is 16.2. The molecule has 24 heavy (non-hydrogen) atoms. The number of hydrogen-bond donors (Lipinski definition) is 2. The van der Waals surface area contributed by atoms with Crippen molar-refractivity contribution in [3.63, 3.8) is 0 Å². The average molecular weight is 350 g/mol. The maximum Gasteiger partial charge on any atom is 0.191 e. The van der Waals surface area contributed by atoms with Gasteiger partial charge in [0.05, 0.1) is 0 Å². The average Bonchev–Trinajstić information content (AvgIpc) is 2.65. The van der Waals surface area contributed by atoms with Crippen LogP contribution in [0.15, 0.2) is 35.3 Å². The van der Waals surface area contributed by atoms with Gasteiger partial charge in [0.15, 0.2) is 5.96 Å². The van der Waals surface area contributed by atoms with Gasteiger partial charge in [0, 0.05) is 57.8 Å². The number of para-hydroxylation sites is 1. The van der Waals surface area contributed by atoms with Crippen LogP contribution in [0, 0.1) is 0 Å². The molecule has 0 unspecified atom stereocenters. The third-order valence-electron chi connectivity index (χ3n) is 4.26. The summed E-state index contributed by atoms with van der Waals surface area (Å²) in [7, 11) is 1.83. The van der Waals surface area contributed by atoms with E-state index in [0.29, 0.717) is 0 Å². The van der Waals surface area contributed by atoms with Crippen LogP contribution in [0.25, 0.3) is 0 Å². The quantitative estimate of drug-likeness (QED) is 0.425. The molecule has 0 aliphatic carbocycles. The molecule has 0 bridgehead atoms. The second kappa shape index (κ2) is 11.2. The van der Waals surface area contributed by atoms with Crippen molar-refractivity contribution in [2.45, 2.75) is 6.42 Å². The van der Waals surface area contributed by atoms with Crippen molar-refractivity contribution in [2.24, 2.45) is 4.99 Å². The van der Waals surface area contributed by atoms with Gasteiger partial charge in [-0.1, -0.05) is 18.2 Å². The third-order valence-corrected chi connectivity index (χ3v) is 4.87. The van der Waals surface area contributed by atoms with Crippen molar-refractivity contribution >= 4 is 23.4 Å². The van der Waals surface area contributed by atoms with E-state index in [2.05, 4.69) is 62.0 Å². The lowest BCUT2D eigenvalue weighted by atomic mass is 10.2. The molecule has 134 valence electrons. The summed E-state index contributed by atoms with van der Waals surface area (Å²) in [5.74, 6) is 2.02. The highest BCUT2D eigenvalue weighted by atomic mass is 32.2. The number of thioether (sulfide) groups is 1. The van der Waals surface area contributed by atoms with Crippen LogP contribution in [0.1, 0.15) is 6.42 Å². The van der Waals surface area contributed by atoms with E-state index in [0.717, 1.165) is 63.9 Å². The van der Waals surface area contributed by atoms with E-state index in [9.17, 15) is 0 Å². The fourth-order valence-corrected chi connectivity index (χ4v) is 3.18. The molecule has 5 nitrogen and oxygen atoms in total. The number of hydrogen-bond acceptors (Lipinski definition) is 4. The van der Waals surface area contributed by atoms with Gasteiger partial charge >= 0.3 is 0 Å². The van der Waals surface area contributed by atoms with Crippen molar-refractivity contribution in [3.8, 4) is 0 Å². The van der Waals surface area contributed by atoms with Crippen molar-refractivity contribution < 1.29 is 0 Å². The number of rotatable bonds is 8. The summed E-state index contributed by atoms with van der Waals surface area (Å²) in [6.45, 7) is 7.62. The van der Waals surface area contributed by atoms with Crippen molar-refractivity contribution in [1.82, 2.24) is 15.5 Å². The topological polar surface area (TPSA) is 42.9 Å². The minimum Gasteiger partial charge on any atom is -0.369 e. The zero-order chi connectivity index (χ0) is 17.0. The summed E-state index contributed by atoms with van der Waals surface area (Å²) < 4.78 is 0. The SMILES string of the molecule is CN=C(NCCCN1CCN(c2ccccc2)CC1)NCCSC. The lowest BCUT2D eigenvalue weighted by molar-refractivity contribution is 0.255. The molecule has 0 radical (unpaired) electrons. The van der Waals surface area contributed by atoms with Crippen LogP contribution >= 0.6 is 11.8 Å². The van der Waals surface area contributed by atoms with Gasteiger partial charge in [-0.2, -0.15) is 11.8 Å². The Kier molecular flexibility index (Phi) is 8.84. The summed E-state index contributed by atoms with van der Waals surface area (Å²) in [5.41, 5.74) is 1.35. The van der Waals surface area contributed by atoms with E-state index in [1.54, 1.807) is 0 Å². The molecule has 1 aliphatic heterocycles. The lowest BCUT2D eigenvalue weighted by Crippen LogP contribution is -2.47. The van der Waals surface area contributed by atoms with Gasteiger partial charge in [-0.05, 0) is 31.4 Å². The zero-order valence-corrected chi connectivity index (χ0v) is 15.8. The summed E-state index contributed by atoms with van der Waals surface area (Å²) in [6, 6.07) is 10.7. The van der Waals surface area contributed by atoms with Gasteiger partial charge in [0.25, 0.3) is 0 Å². The zero-order valence-electron chi connectivity index (χ0n) is 15.0. The fourth-order valence-electron chi connectivity index (χ4n) is 2.87. The molecule has 1 fully saturated rings. The number of benzene rings is 1. The van der Waals surface area contributed by atoms with E-state index < -0.39 is 0 Å². The summed E-state index contributed by atoms with van der Waals surface area (Å²) in [6.07, 6.45) is 3.27. The molecule has 1 aromatic rings. The van der Waals surface area contributed by atoms with E-state index in [-0.39, 0.29) is 0 Å². The Balaban J connectivity index is 1.58. The number of nitrogens with zero attached hydrogens (tertiary/aromatic N) is 3. The monoisotopic (exact) mass is 349 g/mol. The minimum atomic E-state index is 0.915. The number of nitrogens with one attached hydrogen (secondary N) is 2. The van der Waals surface area contributed by atoms with Crippen molar-refractivity contribution in [1.29, 1.82) is 0 Å². The first-order chi connectivity index (χ1) is 11.8. The van der Waals surface area contributed by atoms with Crippen molar-refractivity contribution in [3.05, 3.63) is 30.3 Å². The molecule has 1 saturated heterocycles. The van der Waals surface area contributed by atoms with E-state index in [1.165, 1.54) is 5.69 Å². The first-order valence-corrected chi connectivity index (χ1v) is 10.2. The Hall–Kier alpha value is -1.40. The number of anilines is 1. The second-order valence-electron chi connectivity index (χ2n) is 5.94. The minimum absolute atomic E-state index is 0.915. The predicted molar refractivity (Wildman–Crippen MR) is 107 cm³/mol. The van der Waals surface area contributed by atoms with Crippen molar-refractivity contribution in [2.75, 3.05) is 69.8 Å². The lowest BCUT2D eigenvalue weighted by Gasteiger charge is -2.36. The molecular formula is C18H31N5S. The first-order valence-electron chi connectivity index (χ1n) is 8.79. The van der Waals surface area contributed by atoms with Gasteiger partial charge in [0.2, 0.25) is 0 Å². The largest absolute Gasteiger partial charge is 0.369 e. The predicted octanol–water partition coefficient (Wildman–Crippen LogP) is 1.73. The Morgan fingerprint density at radius 2 is 1.79 bits per heavy atom. The van der Waals surface area contributed by atoms with Crippen LogP contribution in [0.5, 0.6) is 0 Å². The summed E-state index contributed by atoms with van der Waals surface area (Å²) >= 11 is 1.84. The fraction of sp³-hybridized carbons (Fsp3) is 0.611. The maximum atomic E-state index is 4.25. The van der Waals surface area contributed by atoms with E-state index in [4.69, 9.17) is 0 Å². The van der Waals surface area contributed by atoms with Crippen LogP contribution in [0.2, 0.25) is 0 Å². The second-order valence-corrected chi connectivity index (χ2v) is 6.92. The molecule has 1 aromatic carbocycles. The third kappa shape index (κ3) is 6.61. The van der Waals surface area contributed by atoms with E-state index >= 15 is 0 Å². The molecule has 0 spiro atoms. The molecule has 0 saturated carbocycles.